The molecule has 3 heteroatoms. The lowest BCUT2D eigenvalue weighted by molar-refractivity contribution is 0.0991. The van der Waals surface area contributed by atoms with Crippen LogP contribution in [0, 0.1) is 6.92 Å². The first kappa shape index (κ1) is 14.4. The summed E-state index contributed by atoms with van der Waals surface area (Å²) >= 11 is 0. The quantitative estimate of drug-likeness (QED) is 0.781. The van der Waals surface area contributed by atoms with Crippen molar-refractivity contribution >= 4 is 5.78 Å². The summed E-state index contributed by atoms with van der Waals surface area (Å²) in [6.07, 6.45) is 2.16. The molecule has 20 heavy (non-hydrogen) atoms. The van der Waals surface area contributed by atoms with E-state index < -0.39 is 0 Å². The number of aromatic nitrogens is 2. The highest BCUT2D eigenvalue weighted by Crippen LogP contribution is 2.13. The second kappa shape index (κ2) is 6.42. The number of hydrogen-bond acceptors (Lipinski definition) is 3. The Labute approximate surface area is 120 Å². The van der Waals surface area contributed by atoms with E-state index in [9.17, 15) is 4.79 Å². The van der Waals surface area contributed by atoms with E-state index in [1.807, 2.05) is 32.0 Å². The zero-order valence-corrected chi connectivity index (χ0v) is 12.3. The Morgan fingerprint density at radius 2 is 1.65 bits per heavy atom. The van der Waals surface area contributed by atoms with Crippen molar-refractivity contribution in [3.8, 4) is 0 Å². The van der Waals surface area contributed by atoms with Crippen LogP contribution in [0.5, 0.6) is 0 Å². The normalized spacial score (nSPS) is 10.6. The number of nitrogens with zero attached hydrogens (tertiary/aromatic N) is 2. The maximum absolute atomic E-state index is 12.4. The van der Waals surface area contributed by atoms with Gasteiger partial charge in [0, 0.05) is 12.0 Å². The SMILES string of the molecule is CCc1ccc(CC(=O)c2cc(C)nnc2CC)cc1. The van der Waals surface area contributed by atoms with Crippen molar-refractivity contribution < 1.29 is 4.79 Å². The Balaban J connectivity index is 2.20. The lowest BCUT2D eigenvalue weighted by atomic mass is 9.99. The number of Topliss-reactive ketones (excluding diaryl/α,β-unsaturated/α-hetero) is 1. The van der Waals surface area contributed by atoms with Crippen LogP contribution >= 0.6 is 0 Å². The molecule has 0 unspecified atom stereocenters. The van der Waals surface area contributed by atoms with Gasteiger partial charge in [-0.3, -0.25) is 4.79 Å². The lowest BCUT2D eigenvalue weighted by Crippen LogP contribution is -2.10. The van der Waals surface area contributed by atoms with Gasteiger partial charge in [0.2, 0.25) is 0 Å². The van der Waals surface area contributed by atoms with Gasteiger partial charge in [0.15, 0.2) is 5.78 Å². The van der Waals surface area contributed by atoms with Gasteiger partial charge in [0.1, 0.15) is 0 Å². The van der Waals surface area contributed by atoms with E-state index in [2.05, 4.69) is 29.3 Å². The second-order valence-electron chi connectivity index (χ2n) is 4.97. The van der Waals surface area contributed by atoms with Crippen molar-refractivity contribution in [2.24, 2.45) is 0 Å². The van der Waals surface area contributed by atoms with E-state index in [-0.39, 0.29) is 5.78 Å². The predicted molar refractivity (Wildman–Crippen MR) is 80.0 cm³/mol. The average Bonchev–Trinajstić information content (AvgIpc) is 2.48. The molecule has 0 amide bonds. The molecule has 0 radical (unpaired) electrons. The fourth-order valence-electron chi connectivity index (χ4n) is 2.19. The number of rotatable bonds is 5. The highest BCUT2D eigenvalue weighted by atomic mass is 16.1. The summed E-state index contributed by atoms with van der Waals surface area (Å²) in [7, 11) is 0. The van der Waals surface area contributed by atoms with Crippen molar-refractivity contribution in [2.75, 3.05) is 0 Å². The monoisotopic (exact) mass is 268 g/mol. The molecule has 0 saturated heterocycles. The molecule has 1 heterocycles. The van der Waals surface area contributed by atoms with E-state index in [0.717, 1.165) is 29.8 Å². The molecule has 3 nitrogen and oxygen atoms in total. The number of aryl methyl sites for hydroxylation is 3. The van der Waals surface area contributed by atoms with Crippen molar-refractivity contribution in [2.45, 2.75) is 40.0 Å². The third-order valence-electron chi connectivity index (χ3n) is 3.42. The Hall–Kier alpha value is -2.03. The molecule has 0 aliphatic rings. The molecule has 0 spiro atoms. The van der Waals surface area contributed by atoms with E-state index in [1.54, 1.807) is 0 Å². The Bertz CT molecular complexity index is 603. The van der Waals surface area contributed by atoms with Gasteiger partial charge < -0.3 is 0 Å². The number of ketones is 1. The van der Waals surface area contributed by atoms with E-state index in [1.165, 1.54) is 5.56 Å². The first-order valence-electron chi connectivity index (χ1n) is 7.08. The minimum absolute atomic E-state index is 0.115. The molecular formula is C17H20N2O. The van der Waals surface area contributed by atoms with Gasteiger partial charge in [0.05, 0.1) is 11.4 Å². The molecule has 0 atom stereocenters. The standard InChI is InChI=1S/C17H20N2O/c1-4-13-6-8-14(9-7-13)11-17(20)15-10-12(3)18-19-16(15)5-2/h6-10H,4-5,11H2,1-3H3. The van der Waals surface area contributed by atoms with Crippen LogP contribution in [0.1, 0.15) is 46.7 Å². The van der Waals surface area contributed by atoms with Gasteiger partial charge in [-0.15, -0.1) is 0 Å². The Morgan fingerprint density at radius 1 is 1.00 bits per heavy atom. The van der Waals surface area contributed by atoms with Gasteiger partial charge in [0.25, 0.3) is 0 Å². The summed E-state index contributed by atoms with van der Waals surface area (Å²) < 4.78 is 0. The van der Waals surface area contributed by atoms with Crippen LogP contribution in [0.25, 0.3) is 0 Å². The molecule has 2 aromatic rings. The van der Waals surface area contributed by atoms with Gasteiger partial charge in [-0.2, -0.15) is 10.2 Å². The first-order chi connectivity index (χ1) is 9.63. The summed E-state index contributed by atoms with van der Waals surface area (Å²) in [4.78, 5) is 12.4. The van der Waals surface area contributed by atoms with Crippen LogP contribution in [-0.4, -0.2) is 16.0 Å². The highest BCUT2D eigenvalue weighted by Gasteiger charge is 2.13. The van der Waals surface area contributed by atoms with Crippen molar-refractivity contribution in [3.05, 3.63) is 58.4 Å². The lowest BCUT2D eigenvalue weighted by Gasteiger charge is -2.07. The second-order valence-corrected chi connectivity index (χ2v) is 4.97. The topological polar surface area (TPSA) is 42.9 Å². The van der Waals surface area contributed by atoms with Crippen molar-refractivity contribution in [1.29, 1.82) is 0 Å². The highest BCUT2D eigenvalue weighted by molar-refractivity contribution is 5.98. The summed E-state index contributed by atoms with van der Waals surface area (Å²) in [6.45, 7) is 5.98. The van der Waals surface area contributed by atoms with Crippen LogP contribution in [0.3, 0.4) is 0 Å². The molecule has 1 aromatic heterocycles. The van der Waals surface area contributed by atoms with E-state index >= 15 is 0 Å². The fourth-order valence-corrected chi connectivity index (χ4v) is 2.19. The molecular weight excluding hydrogens is 248 g/mol. The van der Waals surface area contributed by atoms with Crippen LogP contribution in [-0.2, 0) is 19.3 Å². The smallest absolute Gasteiger partial charge is 0.169 e. The van der Waals surface area contributed by atoms with Crippen LogP contribution < -0.4 is 0 Å². The molecule has 1 aromatic carbocycles. The summed E-state index contributed by atoms with van der Waals surface area (Å²) in [5, 5.41) is 8.14. The molecule has 0 aliphatic heterocycles. The van der Waals surface area contributed by atoms with Gasteiger partial charge >= 0.3 is 0 Å². The summed E-state index contributed by atoms with van der Waals surface area (Å²) in [5.41, 5.74) is 4.61. The first-order valence-corrected chi connectivity index (χ1v) is 7.08. The number of benzene rings is 1. The summed E-state index contributed by atoms with van der Waals surface area (Å²) in [5.74, 6) is 0.115. The minimum atomic E-state index is 0.115. The fraction of sp³-hybridized carbons (Fsp3) is 0.353. The van der Waals surface area contributed by atoms with E-state index in [4.69, 9.17) is 0 Å². The third-order valence-corrected chi connectivity index (χ3v) is 3.42. The molecule has 104 valence electrons. The van der Waals surface area contributed by atoms with Crippen LogP contribution in [0.15, 0.2) is 30.3 Å². The maximum Gasteiger partial charge on any atom is 0.169 e. The zero-order chi connectivity index (χ0) is 14.5. The Kier molecular flexibility index (Phi) is 4.61. The van der Waals surface area contributed by atoms with Crippen molar-refractivity contribution in [1.82, 2.24) is 10.2 Å². The minimum Gasteiger partial charge on any atom is -0.294 e. The van der Waals surface area contributed by atoms with Gasteiger partial charge in [-0.05, 0) is 37.0 Å². The zero-order valence-electron chi connectivity index (χ0n) is 12.3. The molecule has 0 saturated carbocycles. The largest absolute Gasteiger partial charge is 0.294 e. The number of carbonyl (C=O) groups is 1. The maximum atomic E-state index is 12.4. The average molecular weight is 268 g/mol. The Morgan fingerprint density at radius 3 is 2.25 bits per heavy atom. The predicted octanol–water partition coefficient (Wildman–Crippen LogP) is 3.34. The molecule has 0 fully saturated rings. The molecule has 0 aliphatic carbocycles. The molecule has 2 rings (SSSR count). The number of carbonyl (C=O) groups excluding carboxylic acids is 1. The van der Waals surface area contributed by atoms with Gasteiger partial charge in [-0.1, -0.05) is 38.1 Å². The van der Waals surface area contributed by atoms with Crippen molar-refractivity contribution in [3.63, 3.8) is 0 Å². The molecule has 0 N–H and O–H groups in total. The van der Waals surface area contributed by atoms with Gasteiger partial charge in [-0.25, -0.2) is 0 Å². The van der Waals surface area contributed by atoms with Crippen LogP contribution in [0.2, 0.25) is 0 Å². The van der Waals surface area contributed by atoms with E-state index in [0.29, 0.717) is 12.0 Å². The molecule has 0 bridgehead atoms. The number of hydrogen-bond donors (Lipinski definition) is 0. The third kappa shape index (κ3) is 3.29. The summed E-state index contributed by atoms with van der Waals surface area (Å²) in [6, 6.07) is 10.1. The van der Waals surface area contributed by atoms with Crippen LogP contribution in [0.4, 0.5) is 0 Å².